The number of hydrazine groups is 1. The molecular formula is C13H15N3O2S. The molecule has 1 aromatic carbocycles. The van der Waals surface area contributed by atoms with Crippen molar-refractivity contribution < 1.29 is 9.53 Å². The first-order valence-corrected chi connectivity index (χ1v) is 6.76. The van der Waals surface area contributed by atoms with E-state index in [2.05, 4.69) is 11.5 Å². The highest BCUT2D eigenvalue weighted by atomic mass is 32.2. The number of rotatable bonds is 4. The Balaban J connectivity index is 2.13. The van der Waals surface area contributed by atoms with Crippen molar-refractivity contribution in [2.45, 2.75) is 23.8 Å². The maximum atomic E-state index is 11.7. The highest BCUT2D eigenvalue weighted by Gasteiger charge is 2.25. The summed E-state index contributed by atoms with van der Waals surface area (Å²) in [6.07, 6.45) is 2.29. The van der Waals surface area contributed by atoms with Gasteiger partial charge >= 0.3 is 0 Å². The SMILES string of the molecule is CN(C)NC(=O)Sc1ccc(C#N)cc1OC1CC1. The molecule has 0 spiro atoms. The van der Waals surface area contributed by atoms with Crippen LogP contribution in [0.3, 0.4) is 0 Å². The van der Waals surface area contributed by atoms with Crippen LogP contribution in [0.4, 0.5) is 4.79 Å². The minimum absolute atomic E-state index is 0.185. The molecule has 1 aromatic rings. The van der Waals surface area contributed by atoms with Gasteiger partial charge in [-0.3, -0.25) is 10.2 Å². The highest BCUT2D eigenvalue weighted by Crippen LogP contribution is 2.35. The first-order valence-electron chi connectivity index (χ1n) is 5.95. The van der Waals surface area contributed by atoms with Gasteiger partial charge in [0.25, 0.3) is 5.24 Å². The van der Waals surface area contributed by atoms with E-state index in [0.29, 0.717) is 11.3 Å². The standard InChI is InChI=1S/C13H15N3O2S/c1-16(2)15-13(17)19-12-6-3-9(8-14)7-11(12)18-10-4-5-10/h3,6-7,10H,4-5H2,1-2H3,(H,15,17). The highest BCUT2D eigenvalue weighted by molar-refractivity contribution is 8.13. The Morgan fingerprint density at radius 1 is 1.53 bits per heavy atom. The van der Waals surface area contributed by atoms with E-state index in [-0.39, 0.29) is 11.3 Å². The number of amides is 1. The van der Waals surface area contributed by atoms with Gasteiger partial charge in [0.2, 0.25) is 0 Å². The summed E-state index contributed by atoms with van der Waals surface area (Å²) in [4.78, 5) is 12.4. The maximum absolute atomic E-state index is 11.7. The molecule has 1 amide bonds. The fraction of sp³-hybridized carbons (Fsp3) is 0.385. The van der Waals surface area contributed by atoms with E-state index in [4.69, 9.17) is 10.00 Å². The lowest BCUT2D eigenvalue weighted by Crippen LogP contribution is -2.33. The third-order valence-electron chi connectivity index (χ3n) is 2.41. The smallest absolute Gasteiger partial charge is 0.298 e. The van der Waals surface area contributed by atoms with E-state index < -0.39 is 0 Å². The molecule has 0 saturated heterocycles. The Morgan fingerprint density at radius 3 is 2.84 bits per heavy atom. The number of ether oxygens (including phenoxy) is 1. The van der Waals surface area contributed by atoms with Crippen molar-refractivity contribution in [3.63, 3.8) is 0 Å². The summed E-state index contributed by atoms with van der Waals surface area (Å²) in [5.74, 6) is 0.612. The molecule has 0 atom stereocenters. The molecule has 1 fully saturated rings. The average molecular weight is 277 g/mol. The zero-order valence-electron chi connectivity index (χ0n) is 10.8. The largest absolute Gasteiger partial charge is 0.489 e. The van der Waals surface area contributed by atoms with Gasteiger partial charge in [-0.2, -0.15) is 5.26 Å². The molecule has 0 heterocycles. The van der Waals surface area contributed by atoms with Gasteiger partial charge in [0.05, 0.1) is 22.6 Å². The van der Waals surface area contributed by atoms with Crippen molar-refractivity contribution in [1.29, 1.82) is 5.26 Å². The Hall–Kier alpha value is -1.71. The van der Waals surface area contributed by atoms with Gasteiger partial charge < -0.3 is 4.74 Å². The van der Waals surface area contributed by atoms with E-state index in [9.17, 15) is 4.79 Å². The Bertz CT molecular complexity index is 521. The molecule has 0 aromatic heterocycles. The quantitative estimate of drug-likeness (QED) is 0.676. The molecule has 0 aliphatic heterocycles. The minimum atomic E-state index is -0.185. The molecule has 2 rings (SSSR count). The first kappa shape index (κ1) is 13.7. The number of nitriles is 1. The number of carbonyl (C=O) groups is 1. The third-order valence-corrected chi connectivity index (χ3v) is 3.24. The van der Waals surface area contributed by atoms with Crippen LogP contribution >= 0.6 is 11.8 Å². The molecule has 1 N–H and O–H groups in total. The van der Waals surface area contributed by atoms with Crippen LogP contribution < -0.4 is 10.2 Å². The number of thioether (sulfide) groups is 1. The molecule has 5 nitrogen and oxygen atoms in total. The van der Waals surface area contributed by atoms with Crippen LogP contribution in [0, 0.1) is 11.3 Å². The van der Waals surface area contributed by atoms with E-state index in [1.807, 2.05) is 0 Å². The topological polar surface area (TPSA) is 65.4 Å². The molecular weight excluding hydrogens is 262 g/mol. The Kier molecular flexibility index (Phi) is 4.30. The second kappa shape index (κ2) is 5.95. The Labute approximate surface area is 116 Å². The number of hydrogen-bond donors (Lipinski definition) is 1. The van der Waals surface area contributed by atoms with Crippen LogP contribution in [0.1, 0.15) is 18.4 Å². The molecule has 1 aliphatic carbocycles. The zero-order chi connectivity index (χ0) is 13.8. The molecule has 100 valence electrons. The summed E-state index contributed by atoms with van der Waals surface area (Å²) in [6.45, 7) is 0. The van der Waals surface area contributed by atoms with Crippen molar-refractivity contribution in [3.05, 3.63) is 23.8 Å². The lowest BCUT2D eigenvalue weighted by atomic mass is 10.2. The summed E-state index contributed by atoms with van der Waals surface area (Å²) in [7, 11) is 3.50. The van der Waals surface area contributed by atoms with E-state index >= 15 is 0 Å². The molecule has 0 unspecified atom stereocenters. The molecule has 1 saturated carbocycles. The van der Waals surface area contributed by atoms with Crippen LogP contribution in [-0.2, 0) is 0 Å². The molecule has 0 bridgehead atoms. The van der Waals surface area contributed by atoms with Crippen molar-refractivity contribution in [2.75, 3.05) is 14.1 Å². The van der Waals surface area contributed by atoms with Crippen LogP contribution in [-0.4, -0.2) is 30.4 Å². The summed E-state index contributed by atoms with van der Waals surface area (Å²) < 4.78 is 5.74. The molecule has 6 heteroatoms. The van der Waals surface area contributed by atoms with Gasteiger partial charge in [0.15, 0.2) is 0 Å². The molecule has 0 radical (unpaired) electrons. The van der Waals surface area contributed by atoms with E-state index in [0.717, 1.165) is 29.5 Å². The van der Waals surface area contributed by atoms with Crippen molar-refractivity contribution in [3.8, 4) is 11.8 Å². The van der Waals surface area contributed by atoms with Crippen LogP contribution in [0.2, 0.25) is 0 Å². The maximum Gasteiger partial charge on any atom is 0.298 e. The van der Waals surface area contributed by atoms with Crippen LogP contribution in [0.25, 0.3) is 0 Å². The normalized spacial score (nSPS) is 14.0. The first-order chi connectivity index (χ1) is 9.08. The summed E-state index contributed by atoms with van der Waals surface area (Å²) >= 11 is 1.06. The number of benzene rings is 1. The van der Waals surface area contributed by atoms with Gasteiger partial charge in [-0.25, -0.2) is 5.01 Å². The van der Waals surface area contributed by atoms with Gasteiger partial charge in [-0.1, -0.05) is 0 Å². The van der Waals surface area contributed by atoms with Gasteiger partial charge in [0, 0.05) is 14.1 Å². The van der Waals surface area contributed by atoms with Gasteiger partial charge in [-0.05, 0) is 42.8 Å². The second-order valence-electron chi connectivity index (χ2n) is 4.49. The molecule has 1 aliphatic rings. The number of hydrogen-bond acceptors (Lipinski definition) is 5. The lowest BCUT2D eigenvalue weighted by molar-refractivity contribution is 0.234. The predicted molar refractivity (Wildman–Crippen MR) is 72.9 cm³/mol. The van der Waals surface area contributed by atoms with Crippen LogP contribution in [0.15, 0.2) is 23.1 Å². The number of carbonyl (C=O) groups excluding carboxylic acids is 1. The van der Waals surface area contributed by atoms with E-state index in [1.54, 1.807) is 37.3 Å². The second-order valence-corrected chi connectivity index (χ2v) is 5.50. The minimum Gasteiger partial charge on any atom is -0.489 e. The fourth-order valence-corrected chi connectivity index (χ4v) is 2.20. The van der Waals surface area contributed by atoms with Gasteiger partial charge in [-0.15, -0.1) is 0 Å². The molecule has 19 heavy (non-hydrogen) atoms. The zero-order valence-corrected chi connectivity index (χ0v) is 11.7. The van der Waals surface area contributed by atoms with Crippen molar-refractivity contribution >= 4 is 17.0 Å². The van der Waals surface area contributed by atoms with E-state index in [1.165, 1.54) is 0 Å². The average Bonchev–Trinajstić information content (AvgIpc) is 3.14. The monoisotopic (exact) mass is 277 g/mol. The number of nitrogens with one attached hydrogen (secondary N) is 1. The summed E-state index contributed by atoms with van der Waals surface area (Å²) in [5.41, 5.74) is 3.19. The third kappa shape index (κ3) is 4.16. The van der Waals surface area contributed by atoms with Gasteiger partial charge in [0.1, 0.15) is 5.75 Å². The fourth-order valence-electron chi connectivity index (χ4n) is 1.42. The number of nitrogens with zero attached hydrogens (tertiary/aromatic N) is 2. The van der Waals surface area contributed by atoms with Crippen molar-refractivity contribution in [2.24, 2.45) is 0 Å². The van der Waals surface area contributed by atoms with Crippen LogP contribution in [0.5, 0.6) is 5.75 Å². The Morgan fingerprint density at radius 2 is 2.26 bits per heavy atom. The summed E-state index contributed by atoms with van der Waals surface area (Å²) in [5, 5.41) is 10.3. The predicted octanol–water partition coefficient (Wildman–Crippen LogP) is 2.38. The lowest BCUT2D eigenvalue weighted by Gasteiger charge is -2.13. The summed E-state index contributed by atoms with van der Waals surface area (Å²) in [6, 6.07) is 7.19. The van der Waals surface area contributed by atoms with Crippen molar-refractivity contribution in [1.82, 2.24) is 10.4 Å².